The number of carbonyl (C=O) groups excluding carboxylic acids is 1. The van der Waals surface area contributed by atoms with Crippen molar-refractivity contribution in [2.75, 3.05) is 16.7 Å². The van der Waals surface area contributed by atoms with E-state index in [1.165, 1.54) is 47.0 Å². The number of nitrogens with zero attached hydrogens (tertiary/aromatic N) is 2. The van der Waals surface area contributed by atoms with Crippen LogP contribution in [-0.2, 0) is 10.0 Å². The standard InChI is InChI=1S/C23H21N3O3S2/c1-15-13-16(2)21-20(14-15)30-23(24-21)25-22(27)17-9-11-19(12-10-17)31(28,29)26(3)18-7-5-4-6-8-18/h4-14H,1-3H3,(H,24,25,27). The average molecular weight is 452 g/mol. The maximum atomic E-state index is 12.9. The molecule has 0 aliphatic rings. The lowest BCUT2D eigenvalue weighted by Gasteiger charge is -2.19. The van der Waals surface area contributed by atoms with E-state index < -0.39 is 10.0 Å². The first kappa shape index (κ1) is 21.0. The molecular weight excluding hydrogens is 430 g/mol. The number of hydrogen-bond acceptors (Lipinski definition) is 5. The van der Waals surface area contributed by atoms with Gasteiger partial charge in [0.25, 0.3) is 15.9 Å². The van der Waals surface area contributed by atoms with Crippen LogP contribution < -0.4 is 9.62 Å². The van der Waals surface area contributed by atoms with Gasteiger partial charge in [0, 0.05) is 12.6 Å². The summed E-state index contributed by atoms with van der Waals surface area (Å²) in [5.74, 6) is -0.339. The molecule has 6 nitrogen and oxygen atoms in total. The predicted molar refractivity (Wildman–Crippen MR) is 126 cm³/mol. The van der Waals surface area contributed by atoms with Gasteiger partial charge < -0.3 is 0 Å². The van der Waals surface area contributed by atoms with Gasteiger partial charge in [-0.25, -0.2) is 13.4 Å². The summed E-state index contributed by atoms with van der Waals surface area (Å²) in [5, 5.41) is 3.32. The molecule has 3 aromatic carbocycles. The van der Waals surface area contributed by atoms with Crippen LogP contribution >= 0.6 is 11.3 Å². The number of thiazole rings is 1. The Morgan fingerprint density at radius 2 is 1.68 bits per heavy atom. The molecule has 0 unspecified atom stereocenters. The number of carbonyl (C=O) groups is 1. The van der Waals surface area contributed by atoms with E-state index in [4.69, 9.17) is 0 Å². The van der Waals surface area contributed by atoms with Crippen molar-refractivity contribution in [2.24, 2.45) is 0 Å². The number of nitrogens with one attached hydrogen (secondary N) is 1. The topological polar surface area (TPSA) is 79.4 Å². The van der Waals surface area contributed by atoms with Gasteiger partial charge in [0.15, 0.2) is 5.13 Å². The quantitative estimate of drug-likeness (QED) is 0.464. The van der Waals surface area contributed by atoms with E-state index in [0.29, 0.717) is 16.4 Å². The molecule has 0 radical (unpaired) electrons. The summed E-state index contributed by atoms with van der Waals surface area (Å²) >= 11 is 1.41. The van der Waals surface area contributed by atoms with Gasteiger partial charge in [-0.3, -0.25) is 14.4 Å². The van der Waals surface area contributed by atoms with E-state index in [1.54, 1.807) is 24.3 Å². The van der Waals surface area contributed by atoms with Gasteiger partial charge in [-0.1, -0.05) is 35.6 Å². The number of fused-ring (bicyclic) bond motifs is 1. The zero-order chi connectivity index (χ0) is 22.2. The van der Waals surface area contributed by atoms with Crippen LogP contribution in [0.2, 0.25) is 0 Å². The first-order chi connectivity index (χ1) is 14.8. The van der Waals surface area contributed by atoms with Gasteiger partial charge in [-0.2, -0.15) is 0 Å². The lowest BCUT2D eigenvalue weighted by molar-refractivity contribution is 0.102. The summed E-state index contributed by atoms with van der Waals surface area (Å²) in [5.41, 5.74) is 3.99. The van der Waals surface area contributed by atoms with Gasteiger partial charge in [-0.15, -0.1) is 0 Å². The summed E-state index contributed by atoms with van der Waals surface area (Å²) in [7, 11) is -2.23. The molecule has 8 heteroatoms. The minimum Gasteiger partial charge on any atom is -0.298 e. The number of rotatable bonds is 5. The second kappa shape index (κ2) is 8.13. The number of benzene rings is 3. The van der Waals surface area contributed by atoms with Gasteiger partial charge in [0.1, 0.15) is 0 Å². The van der Waals surface area contributed by atoms with E-state index in [9.17, 15) is 13.2 Å². The molecule has 0 spiro atoms. The number of sulfonamides is 1. The van der Waals surface area contributed by atoms with Gasteiger partial charge >= 0.3 is 0 Å². The highest BCUT2D eigenvalue weighted by Gasteiger charge is 2.21. The van der Waals surface area contributed by atoms with Crippen molar-refractivity contribution in [3.05, 3.63) is 83.4 Å². The highest BCUT2D eigenvalue weighted by Crippen LogP contribution is 2.29. The fourth-order valence-corrected chi connectivity index (χ4v) is 5.54. The first-order valence-electron chi connectivity index (χ1n) is 9.59. The predicted octanol–water partition coefficient (Wildman–Crippen LogP) is 4.99. The van der Waals surface area contributed by atoms with Crippen LogP contribution in [0.4, 0.5) is 10.8 Å². The van der Waals surface area contributed by atoms with Crippen molar-refractivity contribution in [1.82, 2.24) is 4.98 Å². The van der Waals surface area contributed by atoms with Gasteiger partial charge in [0.05, 0.1) is 20.8 Å². The van der Waals surface area contributed by atoms with Crippen molar-refractivity contribution in [2.45, 2.75) is 18.7 Å². The van der Waals surface area contributed by atoms with Crippen molar-refractivity contribution in [1.29, 1.82) is 0 Å². The third-order valence-corrected chi connectivity index (χ3v) is 7.66. The van der Waals surface area contributed by atoms with Crippen molar-refractivity contribution >= 4 is 48.3 Å². The van der Waals surface area contributed by atoms with Crippen LogP contribution in [0.1, 0.15) is 21.5 Å². The molecule has 1 N–H and O–H groups in total. The largest absolute Gasteiger partial charge is 0.298 e. The van der Waals surface area contributed by atoms with E-state index in [1.807, 2.05) is 26.0 Å². The fraction of sp³-hybridized carbons (Fsp3) is 0.130. The monoisotopic (exact) mass is 451 g/mol. The molecule has 0 saturated carbocycles. The number of anilines is 2. The second-order valence-electron chi connectivity index (χ2n) is 7.23. The van der Waals surface area contributed by atoms with Gasteiger partial charge in [0.2, 0.25) is 0 Å². The van der Waals surface area contributed by atoms with Gasteiger partial charge in [-0.05, 0) is 67.4 Å². The van der Waals surface area contributed by atoms with Crippen LogP contribution in [0.25, 0.3) is 10.2 Å². The highest BCUT2D eigenvalue weighted by molar-refractivity contribution is 7.92. The smallest absolute Gasteiger partial charge is 0.264 e. The Balaban J connectivity index is 1.54. The Morgan fingerprint density at radius 3 is 2.35 bits per heavy atom. The molecule has 31 heavy (non-hydrogen) atoms. The molecule has 0 aliphatic carbocycles. The average Bonchev–Trinajstić information content (AvgIpc) is 3.16. The molecule has 4 rings (SSSR count). The third-order valence-electron chi connectivity index (χ3n) is 4.95. The summed E-state index contributed by atoms with van der Waals surface area (Å²) in [4.78, 5) is 17.3. The minimum atomic E-state index is -3.73. The normalized spacial score (nSPS) is 11.5. The molecule has 0 atom stereocenters. The lowest BCUT2D eigenvalue weighted by Crippen LogP contribution is -2.26. The highest BCUT2D eigenvalue weighted by atomic mass is 32.2. The van der Waals surface area contributed by atoms with Crippen LogP contribution in [0.15, 0.2) is 71.6 Å². The van der Waals surface area contributed by atoms with E-state index >= 15 is 0 Å². The number of amides is 1. The van der Waals surface area contributed by atoms with Crippen LogP contribution in [-0.4, -0.2) is 26.4 Å². The summed E-state index contributed by atoms with van der Waals surface area (Å²) < 4.78 is 28.0. The maximum absolute atomic E-state index is 12.9. The zero-order valence-corrected chi connectivity index (χ0v) is 18.9. The second-order valence-corrected chi connectivity index (χ2v) is 10.2. The molecule has 1 amide bonds. The number of hydrogen-bond donors (Lipinski definition) is 1. The minimum absolute atomic E-state index is 0.112. The Hall–Kier alpha value is -3.23. The first-order valence-corrected chi connectivity index (χ1v) is 11.8. The Labute approximate surface area is 185 Å². The van der Waals surface area contributed by atoms with Crippen molar-refractivity contribution < 1.29 is 13.2 Å². The van der Waals surface area contributed by atoms with E-state index in [0.717, 1.165) is 21.3 Å². The number of para-hydroxylation sites is 1. The molecule has 0 fully saturated rings. The van der Waals surface area contributed by atoms with Crippen molar-refractivity contribution in [3.63, 3.8) is 0 Å². The van der Waals surface area contributed by atoms with E-state index in [2.05, 4.69) is 16.4 Å². The number of aromatic nitrogens is 1. The Kier molecular flexibility index (Phi) is 5.51. The van der Waals surface area contributed by atoms with Crippen LogP contribution in [0.5, 0.6) is 0 Å². The molecule has 4 aromatic rings. The summed E-state index contributed by atoms with van der Waals surface area (Å²) in [6, 6.07) is 18.8. The molecule has 158 valence electrons. The molecular formula is C23H21N3O3S2. The summed E-state index contributed by atoms with van der Waals surface area (Å²) in [6.07, 6.45) is 0. The Morgan fingerprint density at radius 1 is 1.00 bits per heavy atom. The summed E-state index contributed by atoms with van der Waals surface area (Å²) in [6.45, 7) is 4.02. The lowest BCUT2D eigenvalue weighted by atomic mass is 10.1. The molecule has 0 saturated heterocycles. The van der Waals surface area contributed by atoms with Crippen LogP contribution in [0, 0.1) is 13.8 Å². The number of aryl methyl sites for hydroxylation is 2. The van der Waals surface area contributed by atoms with Crippen LogP contribution in [0.3, 0.4) is 0 Å². The third kappa shape index (κ3) is 4.17. The zero-order valence-electron chi connectivity index (χ0n) is 17.3. The molecule has 1 heterocycles. The van der Waals surface area contributed by atoms with Crippen molar-refractivity contribution in [3.8, 4) is 0 Å². The SMILES string of the molecule is Cc1cc(C)c2nc(NC(=O)c3ccc(S(=O)(=O)N(C)c4ccccc4)cc3)sc2c1. The fourth-order valence-electron chi connectivity index (χ4n) is 3.31. The molecule has 0 bridgehead atoms. The van der Waals surface area contributed by atoms with E-state index in [-0.39, 0.29) is 10.8 Å². The molecule has 1 aromatic heterocycles. The Bertz CT molecular complexity index is 1360. The maximum Gasteiger partial charge on any atom is 0.264 e. The molecule has 0 aliphatic heterocycles.